The van der Waals surface area contributed by atoms with Crippen LogP contribution in [-0.2, 0) is 16.1 Å². The average molecular weight is 441 g/mol. The fourth-order valence-electron chi connectivity index (χ4n) is 3.39. The van der Waals surface area contributed by atoms with Crippen molar-refractivity contribution in [3.05, 3.63) is 52.2 Å². The van der Waals surface area contributed by atoms with Crippen LogP contribution in [0.5, 0.6) is 0 Å². The minimum absolute atomic E-state index is 0.0636. The van der Waals surface area contributed by atoms with Gasteiger partial charge in [0, 0.05) is 10.4 Å². The van der Waals surface area contributed by atoms with E-state index in [1.165, 1.54) is 11.8 Å². The lowest BCUT2D eigenvalue weighted by molar-refractivity contribution is -0.125. The summed E-state index contributed by atoms with van der Waals surface area (Å²) in [5, 5.41) is 5.07. The van der Waals surface area contributed by atoms with Gasteiger partial charge in [-0.2, -0.15) is 0 Å². The third kappa shape index (κ3) is 3.94. The van der Waals surface area contributed by atoms with Gasteiger partial charge in [-0.1, -0.05) is 50.2 Å². The Balaban J connectivity index is 1.56. The molecule has 4 rings (SSSR count). The molecule has 0 saturated heterocycles. The number of thioether (sulfide) groups is 1. The monoisotopic (exact) mass is 440 g/mol. The van der Waals surface area contributed by atoms with E-state index >= 15 is 0 Å². The summed E-state index contributed by atoms with van der Waals surface area (Å²) in [6.07, 6.45) is 0.865. The summed E-state index contributed by atoms with van der Waals surface area (Å²) in [5.41, 5.74) is 1.63. The summed E-state index contributed by atoms with van der Waals surface area (Å²) in [6, 6.07) is 11.2. The molecule has 30 heavy (non-hydrogen) atoms. The highest BCUT2D eigenvalue weighted by atomic mass is 32.2. The fourth-order valence-corrected chi connectivity index (χ4v) is 4.97. The van der Waals surface area contributed by atoms with Gasteiger partial charge in [0.25, 0.3) is 5.91 Å². The second-order valence-corrected chi connectivity index (χ2v) is 9.77. The Kier molecular flexibility index (Phi) is 6.06. The van der Waals surface area contributed by atoms with Gasteiger partial charge in [-0.05, 0) is 36.4 Å². The maximum atomic E-state index is 13.2. The lowest BCUT2D eigenvalue weighted by atomic mass is 10.00. The molecule has 2 aliphatic rings. The van der Waals surface area contributed by atoms with Crippen molar-refractivity contribution in [3.63, 3.8) is 0 Å². The predicted molar refractivity (Wildman–Crippen MR) is 123 cm³/mol. The van der Waals surface area contributed by atoms with Crippen LogP contribution in [0.25, 0.3) is 0 Å². The van der Waals surface area contributed by atoms with Gasteiger partial charge in [0.2, 0.25) is 5.91 Å². The highest BCUT2D eigenvalue weighted by Gasteiger charge is 2.43. The Morgan fingerprint density at radius 3 is 2.80 bits per heavy atom. The van der Waals surface area contributed by atoms with Gasteiger partial charge in [0.05, 0.1) is 17.5 Å². The number of nitrogens with zero attached hydrogens (tertiary/aromatic N) is 3. The van der Waals surface area contributed by atoms with Crippen LogP contribution in [0.1, 0.15) is 37.6 Å². The number of rotatable bonds is 6. The molecule has 1 aromatic carbocycles. The van der Waals surface area contributed by atoms with Crippen molar-refractivity contribution in [2.24, 2.45) is 15.9 Å². The first-order valence-electron chi connectivity index (χ1n) is 10.1. The number of amides is 2. The van der Waals surface area contributed by atoms with Gasteiger partial charge in [-0.15, -0.1) is 11.3 Å². The zero-order chi connectivity index (χ0) is 21.3. The molecule has 0 bridgehead atoms. The van der Waals surface area contributed by atoms with Crippen molar-refractivity contribution in [3.8, 4) is 0 Å². The first-order chi connectivity index (χ1) is 14.5. The molecule has 1 N–H and O–H groups in total. The summed E-state index contributed by atoms with van der Waals surface area (Å²) in [7, 11) is 0. The third-order valence-corrected chi connectivity index (χ3v) is 7.28. The van der Waals surface area contributed by atoms with Gasteiger partial charge in [-0.3, -0.25) is 14.6 Å². The second-order valence-electron chi connectivity index (χ2n) is 7.43. The Morgan fingerprint density at radius 1 is 1.27 bits per heavy atom. The van der Waals surface area contributed by atoms with Crippen molar-refractivity contribution in [2.45, 2.75) is 45.0 Å². The van der Waals surface area contributed by atoms with Crippen molar-refractivity contribution >= 4 is 51.6 Å². The normalized spacial score (nSPS) is 19.5. The molecule has 8 heteroatoms. The molecular formula is C22H24N4O2S2. The largest absolute Gasteiger partial charge is 0.350 e. The molecule has 3 atom stereocenters. The SMILES string of the molecule is CC[C@H](C)[C@H]1N=C2c3ccccc3N=C(S[C@H](C)C(=O)NCc3cccs3)N2C1=O. The summed E-state index contributed by atoms with van der Waals surface area (Å²) in [4.78, 5) is 38.0. The summed E-state index contributed by atoms with van der Waals surface area (Å²) in [5.74, 6) is 0.634. The summed E-state index contributed by atoms with van der Waals surface area (Å²) < 4.78 is 0. The van der Waals surface area contributed by atoms with Gasteiger partial charge >= 0.3 is 0 Å². The highest BCUT2D eigenvalue weighted by molar-refractivity contribution is 8.15. The van der Waals surface area contributed by atoms with Crippen LogP contribution >= 0.6 is 23.1 Å². The molecule has 6 nitrogen and oxygen atoms in total. The Hall–Kier alpha value is -2.45. The van der Waals surface area contributed by atoms with E-state index < -0.39 is 11.3 Å². The van der Waals surface area contributed by atoms with Gasteiger partial charge in [0.1, 0.15) is 11.9 Å². The van der Waals surface area contributed by atoms with Crippen LogP contribution in [0, 0.1) is 5.92 Å². The topological polar surface area (TPSA) is 74.1 Å². The van der Waals surface area contributed by atoms with Crippen molar-refractivity contribution in [1.82, 2.24) is 10.2 Å². The number of nitrogens with one attached hydrogen (secondary N) is 1. The van der Waals surface area contributed by atoms with Gasteiger partial charge in [-0.25, -0.2) is 9.89 Å². The minimum atomic E-state index is -0.412. The van der Waals surface area contributed by atoms with Gasteiger partial charge in [0.15, 0.2) is 5.17 Å². The molecule has 0 unspecified atom stereocenters. The standard InChI is InChI=1S/C22H24N4O2S2/c1-4-13(2)18-21(28)26-19(25-18)16-9-5-6-10-17(16)24-22(26)30-14(3)20(27)23-12-15-8-7-11-29-15/h5-11,13-14,18H,4,12H2,1-3H3,(H,23,27)/t13-,14+,18+/m0/s1. The van der Waals surface area contributed by atoms with Crippen molar-refractivity contribution in [2.75, 3.05) is 0 Å². The number of carbonyl (C=O) groups is 2. The number of amidine groups is 2. The van der Waals surface area contributed by atoms with Crippen molar-refractivity contribution in [1.29, 1.82) is 0 Å². The van der Waals surface area contributed by atoms with E-state index in [1.807, 2.05) is 55.6 Å². The molecule has 2 aromatic rings. The summed E-state index contributed by atoms with van der Waals surface area (Å²) >= 11 is 2.91. The second kappa shape index (κ2) is 8.73. The van der Waals surface area contributed by atoms with E-state index in [9.17, 15) is 9.59 Å². The third-order valence-electron chi connectivity index (χ3n) is 5.35. The summed E-state index contributed by atoms with van der Waals surface area (Å²) in [6.45, 7) is 6.44. The molecule has 0 aliphatic carbocycles. The fraction of sp³-hybridized carbons (Fsp3) is 0.364. The highest BCUT2D eigenvalue weighted by Crippen LogP contribution is 2.36. The van der Waals surface area contributed by atoms with Crippen LogP contribution < -0.4 is 5.32 Å². The molecule has 0 spiro atoms. The van der Waals surface area contributed by atoms with E-state index in [4.69, 9.17) is 9.98 Å². The number of para-hydroxylation sites is 1. The Morgan fingerprint density at radius 2 is 2.07 bits per heavy atom. The van der Waals surface area contributed by atoms with E-state index in [2.05, 4.69) is 12.2 Å². The van der Waals surface area contributed by atoms with Crippen molar-refractivity contribution < 1.29 is 9.59 Å². The molecule has 2 amide bonds. The quantitative estimate of drug-likeness (QED) is 0.732. The molecule has 0 fully saturated rings. The van der Waals surface area contributed by atoms with E-state index in [0.717, 1.165) is 22.5 Å². The number of fused-ring (bicyclic) bond motifs is 3. The van der Waals surface area contributed by atoms with Crippen LogP contribution in [0.4, 0.5) is 5.69 Å². The maximum absolute atomic E-state index is 13.2. The molecule has 1 aromatic heterocycles. The molecule has 2 aliphatic heterocycles. The number of hydrogen-bond acceptors (Lipinski definition) is 6. The maximum Gasteiger partial charge on any atom is 0.259 e. The first kappa shape index (κ1) is 20.8. The Labute approximate surface area is 184 Å². The molecule has 3 heterocycles. The lowest BCUT2D eigenvalue weighted by Gasteiger charge is -2.27. The number of benzene rings is 1. The van der Waals surface area contributed by atoms with Crippen LogP contribution in [0.2, 0.25) is 0 Å². The van der Waals surface area contributed by atoms with E-state index in [0.29, 0.717) is 17.5 Å². The smallest absolute Gasteiger partial charge is 0.259 e. The first-order valence-corrected chi connectivity index (χ1v) is 11.8. The lowest BCUT2D eigenvalue weighted by Crippen LogP contribution is -2.43. The number of thiophene rings is 1. The number of carbonyl (C=O) groups excluding carboxylic acids is 2. The van der Waals surface area contributed by atoms with Crippen LogP contribution in [0.15, 0.2) is 51.8 Å². The molecular weight excluding hydrogens is 416 g/mol. The number of aliphatic imine (C=N–C) groups is 2. The Bertz CT molecular complexity index is 1020. The van der Waals surface area contributed by atoms with E-state index in [1.54, 1.807) is 16.2 Å². The van der Waals surface area contributed by atoms with E-state index in [-0.39, 0.29) is 17.7 Å². The molecule has 156 valence electrons. The minimum Gasteiger partial charge on any atom is -0.350 e. The van der Waals surface area contributed by atoms with Gasteiger partial charge < -0.3 is 5.32 Å². The number of hydrogen-bond donors (Lipinski definition) is 1. The zero-order valence-electron chi connectivity index (χ0n) is 17.2. The predicted octanol–water partition coefficient (Wildman–Crippen LogP) is 4.19. The average Bonchev–Trinajstić information content (AvgIpc) is 3.39. The molecule has 0 radical (unpaired) electrons. The van der Waals surface area contributed by atoms with Crippen LogP contribution in [-0.4, -0.2) is 39.0 Å². The van der Waals surface area contributed by atoms with Crippen LogP contribution in [0.3, 0.4) is 0 Å². The molecule has 0 saturated carbocycles. The zero-order valence-corrected chi connectivity index (χ0v) is 18.8.